The number of aliphatic hydroxyl groups is 1. The van der Waals surface area contributed by atoms with E-state index in [0.717, 1.165) is 16.7 Å². The molecule has 0 fully saturated rings. The van der Waals surface area contributed by atoms with Gasteiger partial charge in [0.05, 0.1) is 16.8 Å². The van der Waals surface area contributed by atoms with Gasteiger partial charge >= 0.3 is 0 Å². The normalized spacial score (nSPS) is 11.5. The molecule has 0 radical (unpaired) electrons. The number of benzene rings is 2. The number of aliphatic hydroxyl groups excluding tert-OH is 1. The van der Waals surface area contributed by atoms with Crippen LogP contribution in [0, 0.1) is 0 Å². The summed E-state index contributed by atoms with van der Waals surface area (Å²) in [7, 11) is 0. The SMILES string of the molecule is OCCNc1nc2c3ccccc3sc2c2ccccc12. The van der Waals surface area contributed by atoms with Crippen LogP contribution in [0.5, 0.6) is 0 Å². The highest BCUT2D eigenvalue weighted by Crippen LogP contribution is 2.39. The predicted molar refractivity (Wildman–Crippen MR) is 90.2 cm³/mol. The second kappa shape index (κ2) is 4.98. The summed E-state index contributed by atoms with van der Waals surface area (Å²) < 4.78 is 2.48. The lowest BCUT2D eigenvalue weighted by atomic mass is 10.1. The minimum atomic E-state index is 0.0957. The topological polar surface area (TPSA) is 45.1 Å². The van der Waals surface area contributed by atoms with Crippen molar-refractivity contribution in [3.63, 3.8) is 0 Å². The third kappa shape index (κ3) is 1.95. The maximum absolute atomic E-state index is 9.06. The van der Waals surface area contributed by atoms with Crippen molar-refractivity contribution in [2.75, 3.05) is 18.5 Å². The number of nitrogens with one attached hydrogen (secondary N) is 1. The first-order chi connectivity index (χ1) is 10.4. The maximum atomic E-state index is 9.06. The Morgan fingerprint density at radius 2 is 1.67 bits per heavy atom. The van der Waals surface area contributed by atoms with Crippen LogP contribution in [0.25, 0.3) is 31.1 Å². The number of thiophene rings is 1. The van der Waals surface area contributed by atoms with Gasteiger partial charge in [0, 0.05) is 27.4 Å². The molecule has 2 N–H and O–H groups in total. The van der Waals surface area contributed by atoms with Gasteiger partial charge in [-0.1, -0.05) is 42.5 Å². The quantitative estimate of drug-likeness (QED) is 0.600. The number of aromatic nitrogens is 1. The molecule has 4 heteroatoms. The zero-order chi connectivity index (χ0) is 14.2. The highest BCUT2D eigenvalue weighted by atomic mass is 32.1. The molecule has 3 nitrogen and oxygen atoms in total. The van der Waals surface area contributed by atoms with Crippen LogP contribution < -0.4 is 5.32 Å². The van der Waals surface area contributed by atoms with Crippen LogP contribution in [0.3, 0.4) is 0 Å². The number of rotatable bonds is 3. The molecule has 21 heavy (non-hydrogen) atoms. The van der Waals surface area contributed by atoms with Crippen molar-refractivity contribution >= 4 is 48.2 Å². The molecule has 0 bridgehead atoms. The summed E-state index contributed by atoms with van der Waals surface area (Å²) in [6.45, 7) is 0.600. The van der Waals surface area contributed by atoms with Crippen LogP contribution in [-0.4, -0.2) is 23.2 Å². The van der Waals surface area contributed by atoms with E-state index >= 15 is 0 Å². The first-order valence-electron chi connectivity index (χ1n) is 6.93. The zero-order valence-corrected chi connectivity index (χ0v) is 12.2. The summed E-state index contributed by atoms with van der Waals surface area (Å²) >= 11 is 1.78. The first kappa shape index (κ1) is 12.6. The Hall–Kier alpha value is -2.17. The number of nitrogens with zero attached hydrogens (tertiary/aromatic N) is 1. The number of fused-ring (bicyclic) bond motifs is 5. The van der Waals surface area contributed by atoms with E-state index in [9.17, 15) is 0 Å². The third-order valence-electron chi connectivity index (χ3n) is 3.62. The number of pyridine rings is 1. The van der Waals surface area contributed by atoms with Gasteiger partial charge in [0.2, 0.25) is 0 Å². The lowest BCUT2D eigenvalue weighted by Crippen LogP contribution is -2.07. The monoisotopic (exact) mass is 294 g/mol. The Balaban J connectivity index is 2.13. The molecule has 0 aliphatic heterocycles. The van der Waals surface area contributed by atoms with Crippen molar-refractivity contribution in [2.45, 2.75) is 0 Å². The van der Waals surface area contributed by atoms with Crippen molar-refractivity contribution in [3.05, 3.63) is 48.5 Å². The Morgan fingerprint density at radius 3 is 2.48 bits per heavy atom. The predicted octanol–water partition coefficient (Wildman–Crippen LogP) is 4.01. The average Bonchev–Trinajstić information content (AvgIpc) is 2.91. The largest absolute Gasteiger partial charge is 0.395 e. The summed E-state index contributed by atoms with van der Waals surface area (Å²) in [5.74, 6) is 0.843. The molecular formula is C17H14N2OS. The molecule has 2 aromatic heterocycles. The van der Waals surface area contributed by atoms with Gasteiger partial charge in [0.1, 0.15) is 5.82 Å². The smallest absolute Gasteiger partial charge is 0.134 e. The zero-order valence-electron chi connectivity index (χ0n) is 11.3. The number of hydrogen-bond donors (Lipinski definition) is 2. The lowest BCUT2D eigenvalue weighted by molar-refractivity contribution is 0.311. The second-order valence-corrected chi connectivity index (χ2v) is 5.98. The van der Waals surface area contributed by atoms with Crippen molar-refractivity contribution in [1.29, 1.82) is 0 Å². The van der Waals surface area contributed by atoms with Gasteiger partial charge in [0.25, 0.3) is 0 Å². The Labute approximate surface area is 125 Å². The summed E-state index contributed by atoms with van der Waals surface area (Å²) in [5.41, 5.74) is 1.04. The Morgan fingerprint density at radius 1 is 0.952 bits per heavy atom. The van der Waals surface area contributed by atoms with Crippen LogP contribution in [0.2, 0.25) is 0 Å². The maximum Gasteiger partial charge on any atom is 0.134 e. The minimum absolute atomic E-state index is 0.0957. The average molecular weight is 294 g/mol. The van der Waals surface area contributed by atoms with Gasteiger partial charge in [-0.3, -0.25) is 0 Å². The molecule has 2 aromatic carbocycles. The molecule has 104 valence electrons. The van der Waals surface area contributed by atoms with Gasteiger partial charge in [-0.2, -0.15) is 0 Å². The van der Waals surface area contributed by atoms with Crippen LogP contribution in [0.15, 0.2) is 48.5 Å². The summed E-state index contributed by atoms with van der Waals surface area (Å²) in [5, 5.41) is 15.8. The molecule has 0 saturated carbocycles. The van der Waals surface area contributed by atoms with E-state index in [1.54, 1.807) is 11.3 Å². The first-order valence-corrected chi connectivity index (χ1v) is 7.75. The van der Waals surface area contributed by atoms with E-state index in [1.807, 2.05) is 12.1 Å². The van der Waals surface area contributed by atoms with Gasteiger partial charge in [-0.05, 0) is 6.07 Å². The van der Waals surface area contributed by atoms with Crippen LogP contribution >= 0.6 is 11.3 Å². The van der Waals surface area contributed by atoms with Crippen molar-refractivity contribution in [1.82, 2.24) is 4.98 Å². The van der Waals surface area contributed by atoms with E-state index in [1.165, 1.54) is 20.2 Å². The molecule has 0 aliphatic carbocycles. The highest BCUT2D eigenvalue weighted by molar-refractivity contribution is 7.26. The standard InChI is InChI=1S/C17H14N2OS/c20-10-9-18-17-12-6-2-1-5-11(12)16-15(19-17)13-7-3-4-8-14(13)21-16/h1-8,20H,9-10H2,(H,18,19). The highest BCUT2D eigenvalue weighted by Gasteiger charge is 2.12. The second-order valence-electron chi connectivity index (χ2n) is 4.93. The Bertz CT molecular complexity index is 945. The number of hydrogen-bond acceptors (Lipinski definition) is 4. The van der Waals surface area contributed by atoms with E-state index < -0.39 is 0 Å². The fraction of sp³-hybridized carbons (Fsp3) is 0.118. The van der Waals surface area contributed by atoms with Crippen LogP contribution in [0.4, 0.5) is 5.82 Å². The molecule has 0 amide bonds. The summed E-state index contributed by atoms with van der Waals surface area (Å²) in [6, 6.07) is 16.7. The van der Waals surface area contributed by atoms with Gasteiger partial charge in [0.15, 0.2) is 0 Å². The van der Waals surface area contributed by atoms with Crippen LogP contribution in [0.1, 0.15) is 0 Å². The van der Waals surface area contributed by atoms with E-state index in [0.29, 0.717) is 6.54 Å². The number of anilines is 1. The molecule has 4 aromatic rings. The third-order valence-corrected chi connectivity index (χ3v) is 4.82. The lowest BCUT2D eigenvalue weighted by Gasteiger charge is -2.08. The van der Waals surface area contributed by atoms with Gasteiger partial charge in [-0.15, -0.1) is 11.3 Å². The Kier molecular flexibility index (Phi) is 2.98. The molecule has 4 rings (SSSR count). The van der Waals surface area contributed by atoms with E-state index in [2.05, 4.69) is 41.7 Å². The summed E-state index contributed by atoms with van der Waals surface area (Å²) in [6.07, 6.45) is 0. The van der Waals surface area contributed by atoms with Crippen molar-refractivity contribution < 1.29 is 5.11 Å². The van der Waals surface area contributed by atoms with Crippen LogP contribution in [-0.2, 0) is 0 Å². The molecule has 0 spiro atoms. The minimum Gasteiger partial charge on any atom is -0.395 e. The van der Waals surface area contributed by atoms with Crippen molar-refractivity contribution in [3.8, 4) is 0 Å². The molecule has 0 saturated heterocycles. The fourth-order valence-electron chi connectivity index (χ4n) is 2.69. The molecule has 0 aliphatic rings. The fourth-order valence-corrected chi connectivity index (χ4v) is 3.88. The molecule has 0 unspecified atom stereocenters. The van der Waals surface area contributed by atoms with Crippen molar-refractivity contribution in [2.24, 2.45) is 0 Å². The van der Waals surface area contributed by atoms with Gasteiger partial charge in [-0.25, -0.2) is 4.98 Å². The van der Waals surface area contributed by atoms with E-state index in [4.69, 9.17) is 10.1 Å². The summed E-state index contributed by atoms with van der Waals surface area (Å²) in [4.78, 5) is 4.82. The van der Waals surface area contributed by atoms with E-state index in [-0.39, 0.29) is 6.61 Å². The molecular weight excluding hydrogens is 280 g/mol. The molecule has 2 heterocycles. The molecule has 0 atom stereocenters. The van der Waals surface area contributed by atoms with Gasteiger partial charge < -0.3 is 10.4 Å².